The number of rotatable bonds is 6. The molecule has 4 N–H and O–H groups in total. The van der Waals surface area contributed by atoms with Crippen molar-refractivity contribution in [3.8, 4) is 0 Å². The lowest BCUT2D eigenvalue weighted by molar-refractivity contribution is -0.179. The maximum Gasteiger partial charge on any atom is 0.471 e. The van der Waals surface area contributed by atoms with Crippen molar-refractivity contribution in [1.82, 2.24) is 14.9 Å². The van der Waals surface area contributed by atoms with Gasteiger partial charge in [0.05, 0.1) is 26.4 Å². The number of hydrogen-bond donors (Lipinski definition) is 4. The Morgan fingerprint density at radius 2 is 1.83 bits per heavy atom. The maximum atomic E-state index is 13.0. The van der Waals surface area contributed by atoms with Crippen molar-refractivity contribution >= 4 is 14.0 Å². The number of aromatic amines is 1. The molecule has 0 aliphatic carbocycles. The number of alkyl halides is 3. The van der Waals surface area contributed by atoms with E-state index in [9.17, 15) is 37.8 Å². The molecular weight excluding hydrogens is 499 g/mol. The van der Waals surface area contributed by atoms with Gasteiger partial charge in [0.15, 0.2) is 0 Å². The summed E-state index contributed by atoms with van der Waals surface area (Å²) in [6, 6.07) is 0.526. The van der Waals surface area contributed by atoms with Gasteiger partial charge in [-0.25, -0.2) is 4.79 Å². The lowest BCUT2D eigenvalue weighted by Crippen LogP contribution is -2.69. The molecule has 2 heterocycles. The molecule has 1 aromatic heterocycles. The van der Waals surface area contributed by atoms with Crippen LogP contribution >= 0.6 is 0 Å². The zero-order chi connectivity index (χ0) is 28.1. The summed E-state index contributed by atoms with van der Waals surface area (Å²) in [5.74, 6) is -2.24. The first-order valence-corrected chi connectivity index (χ1v) is 14.5. The number of aromatic nitrogens is 2. The van der Waals surface area contributed by atoms with E-state index in [-0.39, 0.29) is 17.4 Å². The molecule has 2 rings (SSSR count). The molecule has 0 spiro atoms. The number of aliphatic hydroxyl groups is 2. The summed E-state index contributed by atoms with van der Waals surface area (Å²) < 4.78 is 46.2. The summed E-state index contributed by atoms with van der Waals surface area (Å²) in [7, 11) is -2.96. The molecule has 206 valence electrons. The Morgan fingerprint density at radius 3 is 2.31 bits per heavy atom. The zero-order valence-electron chi connectivity index (χ0n) is 22.0. The number of ether oxygens (including phenoxy) is 1. The molecule has 1 saturated heterocycles. The summed E-state index contributed by atoms with van der Waals surface area (Å²) in [5, 5.41) is 24.4. The van der Waals surface area contributed by atoms with Crippen LogP contribution in [0.3, 0.4) is 0 Å². The predicted molar refractivity (Wildman–Crippen MR) is 130 cm³/mol. The molecule has 1 aliphatic rings. The maximum absolute atomic E-state index is 13.0. The Bertz CT molecular complexity index is 1090. The van der Waals surface area contributed by atoms with E-state index in [4.69, 9.17) is 4.74 Å². The van der Waals surface area contributed by atoms with Crippen molar-refractivity contribution in [2.45, 2.75) is 102 Å². The fourth-order valence-corrected chi connectivity index (χ4v) is 10.2. The van der Waals surface area contributed by atoms with Gasteiger partial charge >= 0.3 is 17.8 Å². The van der Waals surface area contributed by atoms with Crippen molar-refractivity contribution in [3.63, 3.8) is 0 Å². The first-order chi connectivity index (χ1) is 16.0. The molecule has 0 saturated carbocycles. The molecule has 2 unspecified atom stereocenters. The minimum absolute atomic E-state index is 0.178. The third-order valence-electron chi connectivity index (χ3n) is 7.26. The summed E-state index contributed by atoms with van der Waals surface area (Å²) in [4.78, 5) is 38.1. The van der Waals surface area contributed by atoms with Crippen LogP contribution in [-0.4, -0.2) is 63.9 Å². The second kappa shape index (κ2) is 9.73. The van der Waals surface area contributed by atoms with Crippen LogP contribution in [0.25, 0.3) is 0 Å². The molecule has 1 amide bonds. The Balaban J connectivity index is 2.65. The van der Waals surface area contributed by atoms with E-state index in [0.717, 1.165) is 4.57 Å². The Hall–Kier alpha value is -1.96. The Labute approximate surface area is 209 Å². The second-order valence-electron chi connectivity index (χ2n) is 12.2. The standard InChI is InChI=1S/C23H38F3N3O6Si/c1-13-10-29(19(34)28-16(13)31)15-9-14(30)22(35-15,11-27-17(32)23(24,25)26)18(33)36(8,21(5,6)7)12-20(2,3)4/h10,14-15,18,30,33H,9,11-12H2,1-8H3,(H,27,32)(H,28,31,34)/t14-,15+,18?,22-,36?/m0/s1. The molecule has 1 aromatic rings. The highest BCUT2D eigenvalue weighted by atomic mass is 28.3. The van der Waals surface area contributed by atoms with Crippen molar-refractivity contribution in [1.29, 1.82) is 0 Å². The Morgan fingerprint density at radius 1 is 1.28 bits per heavy atom. The lowest BCUT2D eigenvalue weighted by Gasteiger charge is -2.52. The van der Waals surface area contributed by atoms with Crippen molar-refractivity contribution in [2.75, 3.05) is 6.54 Å². The van der Waals surface area contributed by atoms with Crippen molar-refractivity contribution in [2.24, 2.45) is 5.41 Å². The van der Waals surface area contributed by atoms with Crippen molar-refractivity contribution in [3.05, 3.63) is 32.6 Å². The van der Waals surface area contributed by atoms with Crippen LogP contribution in [0.4, 0.5) is 13.2 Å². The van der Waals surface area contributed by atoms with Crippen LogP contribution in [0.5, 0.6) is 0 Å². The van der Waals surface area contributed by atoms with Gasteiger partial charge in [-0.05, 0) is 23.4 Å². The number of carbonyl (C=O) groups excluding carboxylic acids is 1. The van der Waals surface area contributed by atoms with Crippen LogP contribution in [0.2, 0.25) is 17.6 Å². The number of nitrogens with one attached hydrogen (secondary N) is 2. The van der Waals surface area contributed by atoms with Gasteiger partial charge < -0.3 is 20.3 Å². The third-order valence-corrected chi connectivity index (χ3v) is 14.2. The lowest BCUT2D eigenvalue weighted by atomic mass is 9.96. The first kappa shape index (κ1) is 30.3. The van der Waals surface area contributed by atoms with Gasteiger partial charge in [0.25, 0.3) is 5.56 Å². The average Bonchev–Trinajstić information content (AvgIpc) is 3.02. The molecule has 0 bridgehead atoms. The summed E-state index contributed by atoms with van der Waals surface area (Å²) in [5.41, 5.74) is -5.01. The van der Waals surface area contributed by atoms with E-state index in [0.29, 0.717) is 6.04 Å². The first-order valence-electron chi connectivity index (χ1n) is 11.8. The predicted octanol–water partition coefficient (Wildman–Crippen LogP) is 2.37. The van der Waals surface area contributed by atoms with Gasteiger partial charge in [-0.3, -0.25) is 19.1 Å². The number of carbonyl (C=O) groups is 1. The number of amides is 1. The average molecular weight is 538 g/mol. The molecular formula is C23H38F3N3O6Si. The molecule has 1 fully saturated rings. The molecule has 0 aromatic carbocycles. The van der Waals surface area contributed by atoms with E-state index in [1.54, 1.807) is 5.32 Å². The van der Waals surface area contributed by atoms with E-state index >= 15 is 0 Å². The fourth-order valence-electron chi connectivity index (χ4n) is 4.98. The van der Waals surface area contributed by atoms with Gasteiger partial charge in [-0.1, -0.05) is 48.1 Å². The highest BCUT2D eigenvalue weighted by Gasteiger charge is 2.63. The quantitative estimate of drug-likeness (QED) is 0.412. The molecule has 9 nitrogen and oxygen atoms in total. The van der Waals surface area contributed by atoms with Gasteiger partial charge in [-0.2, -0.15) is 13.2 Å². The number of halogens is 3. The number of hydrogen-bond acceptors (Lipinski definition) is 6. The fraction of sp³-hybridized carbons (Fsp3) is 0.783. The number of aliphatic hydroxyl groups excluding tert-OH is 2. The Kier molecular flexibility index (Phi) is 8.18. The van der Waals surface area contributed by atoms with Crippen molar-refractivity contribution < 1.29 is 32.9 Å². The molecule has 0 radical (unpaired) electrons. The molecule has 5 atom stereocenters. The minimum atomic E-state index is -5.18. The smallest absolute Gasteiger partial charge is 0.393 e. The van der Waals surface area contributed by atoms with E-state index in [1.165, 1.54) is 13.1 Å². The van der Waals surface area contributed by atoms with Crippen LogP contribution in [-0.2, 0) is 9.53 Å². The number of aryl methyl sites for hydroxylation is 1. The topological polar surface area (TPSA) is 134 Å². The highest BCUT2D eigenvalue weighted by Crippen LogP contribution is 2.51. The second-order valence-corrected chi connectivity index (χ2v) is 17.5. The summed E-state index contributed by atoms with van der Waals surface area (Å²) in [6.45, 7) is 14.2. The molecule has 36 heavy (non-hydrogen) atoms. The minimum Gasteiger partial charge on any atom is -0.393 e. The monoisotopic (exact) mass is 537 g/mol. The zero-order valence-corrected chi connectivity index (χ0v) is 23.0. The van der Waals surface area contributed by atoms with Gasteiger partial charge in [0.2, 0.25) is 0 Å². The third kappa shape index (κ3) is 5.95. The highest BCUT2D eigenvalue weighted by molar-refractivity contribution is 6.82. The normalized spacial score (nSPS) is 25.9. The van der Waals surface area contributed by atoms with E-state index in [2.05, 4.69) is 4.98 Å². The molecule has 13 heteroatoms. The summed E-state index contributed by atoms with van der Waals surface area (Å²) >= 11 is 0. The number of H-pyrrole nitrogens is 1. The largest absolute Gasteiger partial charge is 0.471 e. The molecule has 1 aliphatic heterocycles. The van der Waals surface area contributed by atoms with Crippen LogP contribution in [0, 0.1) is 12.3 Å². The van der Waals surface area contributed by atoms with E-state index < -0.39 is 66.6 Å². The van der Waals surface area contributed by atoms with E-state index in [1.807, 2.05) is 48.1 Å². The van der Waals surface area contributed by atoms with Crippen LogP contribution in [0.1, 0.15) is 59.8 Å². The van der Waals surface area contributed by atoms with Gasteiger partial charge in [-0.15, -0.1) is 0 Å². The van der Waals surface area contributed by atoms with Crippen LogP contribution < -0.4 is 16.6 Å². The van der Waals surface area contributed by atoms with Crippen LogP contribution in [0.15, 0.2) is 15.8 Å². The summed E-state index contributed by atoms with van der Waals surface area (Å²) in [6.07, 6.45) is -6.94. The number of nitrogens with zero attached hydrogens (tertiary/aromatic N) is 1. The SMILES string of the molecule is Cc1cn([C@H]2C[C@H](O)[C@@](CNC(=O)C(F)(F)F)(C(O)[Si](C)(CC(C)(C)C)C(C)(C)C)O2)c(=O)[nH]c1=O. The van der Waals surface area contributed by atoms with Gasteiger partial charge in [0.1, 0.15) is 11.8 Å². The van der Waals surface area contributed by atoms with Gasteiger partial charge in [0, 0.05) is 18.2 Å².